The molecule has 1 unspecified atom stereocenters. The molecule has 2 aromatic carbocycles. The van der Waals surface area contributed by atoms with Crippen LogP contribution >= 0.6 is 11.6 Å². The lowest BCUT2D eigenvalue weighted by molar-refractivity contribution is -0.164. The molecule has 0 bridgehead atoms. The number of halogens is 2. The van der Waals surface area contributed by atoms with Gasteiger partial charge in [0.1, 0.15) is 29.1 Å². The van der Waals surface area contributed by atoms with Crippen LogP contribution in [0.2, 0.25) is 5.02 Å². The molecule has 4 aliphatic rings. The SMILES string of the molecule is COc1ccc(CNc2nc3cc(CC(C4CC4)[C@@]45C[C@@H]4[C@@H](n4ccc6cccnc64)[C@@H]4OC(C)(C)O[C@@H]45)cc(F)c3cc2Cl)cc1. The minimum absolute atomic E-state index is 0.0183. The molecule has 9 rings (SSSR count). The quantitative estimate of drug-likeness (QED) is 0.173. The third-order valence-electron chi connectivity index (χ3n) is 11.2. The number of hydrogen-bond acceptors (Lipinski definition) is 6. The number of ether oxygens (including phenoxy) is 3. The van der Waals surface area contributed by atoms with Gasteiger partial charge in [-0.1, -0.05) is 23.7 Å². The van der Waals surface area contributed by atoms with Crippen molar-refractivity contribution in [1.82, 2.24) is 14.5 Å². The minimum Gasteiger partial charge on any atom is -0.497 e. The maximum atomic E-state index is 15.8. The smallest absolute Gasteiger partial charge is 0.163 e. The number of pyridine rings is 2. The van der Waals surface area contributed by atoms with Gasteiger partial charge in [-0.15, -0.1) is 0 Å². The maximum Gasteiger partial charge on any atom is 0.163 e. The highest BCUT2D eigenvalue weighted by Crippen LogP contribution is 2.77. The Kier molecular flexibility index (Phi) is 6.66. The number of fused-ring (bicyclic) bond motifs is 5. The highest BCUT2D eigenvalue weighted by Gasteiger charge is 2.78. The molecule has 0 radical (unpaired) electrons. The summed E-state index contributed by atoms with van der Waals surface area (Å²) in [7, 11) is 1.65. The molecule has 7 nitrogen and oxygen atoms in total. The van der Waals surface area contributed by atoms with Gasteiger partial charge in [-0.05, 0) is 117 Å². The van der Waals surface area contributed by atoms with Gasteiger partial charge >= 0.3 is 0 Å². The minimum atomic E-state index is -0.661. The zero-order valence-corrected chi connectivity index (χ0v) is 27.5. The van der Waals surface area contributed by atoms with Crippen molar-refractivity contribution in [1.29, 1.82) is 0 Å². The summed E-state index contributed by atoms with van der Waals surface area (Å²) < 4.78 is 36.8. The van der Waals surface area contributed by atoms with Gasteiger partial charge in [0, 0.05) is 35.1 Å². The van der Waals surface area contributed by atoms with Crippen molar-refractivity contribution in [3.8, 4) is 5.75 Å². The van der Waals surface area contributed by atoms with Crippen molar-refractivity contribution in [3.05, 3.63) is 95.0 Å². The first kappa shape index (κ1) is 29.4. The van der Waals surface area contributed by atoms with E-state index in [0.717, 1.165) is 40.8 Å². The summed E-state index contributed by atoms with van der Waals surface area (Å²) in [5, 5.41) is 5.30. The number of nitrogens with zero attached hydrogens (tertiary/aromatic N) is 3. The van der Waals surface area contributed by atoms with E-state index in [0.29, 0.717) is 46.0 Å². The monoisotopic (exact) mass is 652 g/mol. The van der Waals surface area contributed by atoms with Crippen LogP contribution in [0.25, 0.3) is 21.9 Å². The van der Waals surface area contributed by atoms with Crippen LogP contribution in [0.5, 0.6) is 5.75 Å². The van der Waals surface area contributed by atoms with Crippen LogP contribution in [-0.4, -0.2) is 39.6 Å². The molecule has 0 amide bonds. The van der Waals surface area contributed by atoms with Crippen molar-refractivity contribution >= 4 is 39.4 Å². The Morgan fingerprint density at radius 2 is 1.91 bits per heavy atom. The summed E-state index contributed by atoms with van der Waals surface area (Å²) in [6.07, 6.45) is 8.21. The van der Waals surface area contributed by atoms with E-state index >= 15 is 4.39 Å². The molecule has 0 spiro atoms. The third-order valence-corrected chi connectivity index (χ3v) is 11.4. The van der Waals surface area contributed by atoms with Crippen LogP contribution in [0.15, 0.2) is 73.1 Å². The van der Waals surface area contributed by atoms with Gasteiger partial charge in [-0.3, -0.25) is 0 Å². The zero-order valence-electron chi connectivity index (χ0n) is 26.8. The van der Waals surface area contributed by atoms with Crippen LogP contribution in [-0.2, 0) is 22.4 Å². The van der Waals surface area contributed by atoms with Crippen LogP contribution in [0.3, 0.4) is 0 Å². The fourth-order valence-electron chi connectivity index (χ4n) is 8.97. The average Bonchev–Trinajstić information content (AvgIpc) is 3.94. The summed E-state index contributed by atoms with van der Waals surface area (Å²) in [5.41, 5.74) is 3.60. The second-order valence-electron chi connectivity index (χ2n) is 14.4. The molecular weight excluding hydrogens is 615 g/mol. The molecular formula is C38H38ClFN4O3. The molecule has 3 aromatic heterocycles. The largest absolute Gasteiger partial charge is 0.497 e. The predicted molar refractivity (Wildman–Crippen MR) is 180 cm³/mol. The molecule has 6 atom stereocenters. The molecule has 3 aliphatic carbocycles. The highest BCUT2D eigenvalue weighted by molar-refractivity contribution is 6.33. The summed E-state index contributed by atoms with van der Waals surface area (Å²) in [6, 6.07) is 19.7. The van der Waals surface area contributed by atoms with Gasteiger partial charge < -0.3 is 24.1 Å². The van der Waals surface area contributed by atoms with Crippen molar-refractivity contribution in [2.24, 2.45) is 23.2 Å². The van der Waals surface area contributed by atoms with Gasteiger partial charge in [-0.2, -0.15) is 0 Å². The second-order valence-corrected chi connectivity index (χ2v) is 14.8. The van der Waals surface area contributed by atoms with Crippen LogP contribution in [0.1, 0.15) is 50.3 Å². The molecule has 242 valence electrons. The Morgan fingerprint density at radius 3 is 2.70 bits per heavy atom. The molecule has 47 heavy (non-hydrogen) atoms. The molecule has 5 aromatic rings. The number of hydrogen-bond donors (Lipinski definition) is 1. The van der Waals surface area contributed by atoms with Gasteiger partial charge in [0.05, 0.1) is 29.8 Å². The van der Waals surface area contributed by atoms with E-state index in [2.05, 4.69) is 34.3 Å². The number of nitrogens with one attached hydrogen (secondary N) is 1. The van der Waals surface area contributed by atoms with E-state index in [4.69, 9.17) is 35.8 Å². The van der Waals surface area contributed by atoms with E-state index in [1.165, 1.54) is 12.8 Å². The van der Waals surface area contributed by atoms with E-state index in [-0.39, 0.29) is 29.5 Å². The molecule has 9 heteroatoms. The summed E-state index contributed by atoms with van der Waals surface area (Å²) in [5.74, 6) is 1.74. The maximum absolute atomic E-state index is 15.8. The Balaban J connectivity index is 1.03. The predicted octanol–water partition coefficient (Wildman–Crippen LogP) is 8.35. The van der Waals surface area contributed by atoms with Crippen LogP contribution < -0.4 is 10.1 Å². The molecule has 1 N–H and O–H groups in total. The lowest BCUT2D eigenvalue weighted by Gasteiger charge is -2.32. The normalized spacial score (nSPS) is 27.9. The third kappa shape index (κ3) is 4.82. The topological polar surface area (TPSA) is 70.4 Å². The molecule has 1 aliphatic heterocycles. The van der Waals surface area contributed by atoms with Gasteiger partial charge in [-0.25, -0.2) is 14.4 Å². The fourth-order valence-corrected chi connectivity index (χ4v) is 9.19. The lowest BCUT2D eigenvalue weighted by atomic mass is 9.77. The first-order chi connectivity index (χ1) is 22.7. The highest BCUT2D eigenvalue weighted by atomic mass is 35.5. The lowest BCUT2D eigenvalue weighted by Crippen LogP contribution is -2.37. The van der Waals surface area contributed by atoms with E-state index < -0.39 is 5.79 Å². The van der Waals surface area contributed by atoms with Crippen molar-refractivity contribution in [2.75, 3.05) is 12.4 Å². The molecule has 4 heterocycles. The second kappa shape index (κ2) is 10.6. The van der Waals surface area contributed by atoms with Gasteiger partial charge in [0.2, 0.25) is 0 Å². The van der Waals surface area contributed by atoms with Crippen molar-refractivity contribution in [2.45, 2.75) is 70.1 Å². The average molecular weight is 653 g/mol. The first-order valence-electron chi connectivity index (χ1n) is 16.7. The standard InChI is InChI=1S/C38H38ClFN4O3/c1-37(2)46-33-32(44-14-12-24-5-4-13-41-36(24)44)28-19-38(28,34(33)47-37)27(23-8-9-23)15-22-16-30(40)26-18-29(39)35(43-31(26)17-22)42-20-21-6-10-25(45-3)11-7-21/h4-7,10-14,16-18,23,27-28,32-34H,8-9,15,19-20H2,1-3H3,(H,42,43)/t27?,28-,32-,33+,34+,38+/m1/s1. The van der Waals surface area contributed by atoms with E-state index in [1.807, 2.05) is 50.4 Å². The number of rotatable bonds is 9. The number of benzene rings is 2. The zero-order chi connectivity index (χ0) is 32.1. The Hall–Kier alpha value is -3.72. The summed E-state index contributed by atoms with van der Waals surface area (Å²) in [6.45, 7) is 4.59. The Morgan fingerprint density at radius 1 is 1.09 bits per heavy atom. The summed E-state index contributed by atoms with van der Waals surface area (Å²) >= 11 is 6.60. The number of anilines is 1. The molecule has 4 fully saturated rings. The van der Waals surface area contributed by atoms with E-state index in [9.17, 15) is 0 Å². The van der Waals surface area contributed by atoms with Gasteiger partial charge in [0.25, 0.3) is 0 Å². The molecule has 1 saturated heterocycles. The number of aromatic nitrogens is 3. The Bertz CT molecular complexity index is 2010. The Labute approximate surface area is 278 Å². The van der Waals surface area contributed by atoms with Crippen molar-refractivity contribution in [3.63, 3.8) is 0 Å². The first-order valence-corrected chi connectivity index (χ1v) is 17.0. The molecule has 3 saturated carbocycles. The number of methoxy groups -OCH3 is 1. The summed E-state index contributed by atoms with van der Waals surface area (Å²) in [4.78, 5) is 9.58. The van der Waals surface area contributed by atoms with E-state index in [1.54, 1.807) is 19.2 Å². The van der Waals surface area contributed by atoms with Crippen molar-refractivity contribution < 1.29 is 18.6 Å². The van der Waals surface area contributed by atoms with Crippen LogP contribution in [0.4, 0.5) is 10.2 Å². The fraction of sp³-hybridized carbons (Fsp3) is 0.421. The van der Waals surface area contributed by atoms with Crippen LogP contribution in [0, 0.1) is 29.0 Å². The van der Waals surface area contributed by atoms with Gasteiger partial charge in [0.15, 0.2) is 5.79 Å².